The van der Waals surface area contributed by atoms with Crippen LogP contribution in [0, 0.1) is 5.92 Å². The van der Waals surface area contributed by atoms with Gasteiger partial charge in [-0.3, -0.25) is 9.79 Å². The Kier molecular flexibility index (Phi) is 12.9. The Hall–Kier alpha value is -1.35. The molecule has 0 aliphatic carbocycles. The summed E-state index contributed by atoms with van der Waals surface area (Å²) in [5.74, 6) is 1.65. The molecule has 0 bridgehead atoms. The van der Waals surface area contributed by atoms with Crippen molar-refractivity contribution in [3.05, 3.63) is 35.4 Å². The van der Waals surface area contributed by atoms with Crippen LogP contribution in [0.25, 0.3) is 0 Å². The highest BCUT2D eigenvalue weighted by Gasteiger charge is 2.17. The first-order chi connectivity index (χ1) is 13.7. The minimum atomic E-state index is -0.0468. The molecule has 0 saturated carbocycles. The number of hydrogen-bond donors (Lipinski definition) is 3. The molecule has 29 heavy (non-hydrogen) atoms. The number of nitrogens with one attached hydrogen (secondary N) is 3. The van der Waals surface area contributed by atoms with E-state index in [1.165, 1.54) is 38.9 Å². The number of aliphatic imine (C=N–C) groups is 1. The van der Waals surface area contributed by atoms with Gasteiger partial charge in [0.05, 0.1) is 0 Å². The van der Waals surface area contributed by atoms with E-state index in [4.69, 9.17) is 4.99 Å². The van der Waals surface area contributed by atoms with E-state index in [0.29, 0.717) is 5.56 Å². The maximum absolute atomic E-state index is 11.8. The largest absolute Gasteiger partial charge is 0.357 e. The number of benzene rings is 1. The topological polar surface area (TPSA) is 68.8 Å². The van der Waals surface area contributed by atoms with Crippen molar-refractivity contribution in [3.63, 3.8) is 0 Å². The monoisotopic (exact) mass is 515 g/mol. The fraction of sp³-hybridized carbons (Fsp3) is 0.636. The first kappa shape index (κ1) is 25.7. The Morgan fingerprint density at radius 3 is 2.62 bits per heavy atom. The fourth-order valence-corrected chi connectivity index (χ4v) is 3.63. The zero-order valence-electron chi connectivity index (χ0n) is 18.2. The summed E-state index contributed by atoms with van der Waals surface area (Å²) in [4.78, 5) is 19.0. The van der Waals surface area contributed by atoms with Crippen molar-refractivity contribution >= 4 is 35.8 Å². The van der Waals surface area contributed by atoms with Gasteiger partial charge in [-0.25, -0.2) is 0 Å². The van der Waals surface area contributed by atoms with E-state index in [1.54, 1.807) is 7.05 Å². The Bertz CT molecular complexity index is 629. The van der Waals surface area contributed by atoms with Gasteiger partial charge in [0.1, 0.15) is 0 Å². The summed E-state index contributed by atoms with van der Waals surface area (Å²) >= 11 is 0. The zero-order valence-corrected chi connectivity index (χ0v) is 20.5. The van der Waals surface area contributed by atoms with Crippen molar-refractivity contribution in [2.24, 2.45) is 10.9 Å². The first-order valence-corrected chi connectivity index (χ1v) is 10.7. The average Bonchev–Trinajstić information content (AvgIpc) is 2.74. The van der Waals surface area contributed by atoms with Crippen LogP contribution in [0.1, 0.15) is 49.0 Å². The van der Waals surface area contributed by atoms with Crippen LogP contribution in [-0.4, -0.2) is 63.1 Å². The molecule has 164 valence electrons. The summed E-state index contributed by atoms with van der Waals surface area (Å²) < 4.78 is 0. The van der Waals surface area contributed by atoms with Crippen molar-refractivity contribution in [2.75, 3.05) is 46.3 Å². The molecule has 7 heteroatoms. The van der Waals surface area contributed by atoms with Crippen LogP contribution in [0.4, 0.5) is 0 Å². The lowest BCUT2D eigenvalue weighted by molar-refractivity contribution is 0.0963. The predicted molar refractivity (Wildman–Crippen MR) is 132 cm³/mol. The number of carbonyl (C=O) groups is 1. The van der Waals surface area contributed by atoms with Gasteiger partial charge in [0.25, 0.3) is 5.91 Å². The SMILES string of the molecule is CCNC(=NCCC1CCN(CC)CC1)NCCc1cccc(C(=O)NC)c1.I. The van der Waals surface area contributed by atoms with Gasteiger partial charge in [0.15, 0.2) is 5.96 Å². The molecule has 0 aromatic heterocycles. The van der Waals surface area contributed by atoms with Gasteiger partial charge in [-0.1, -0.05) is 19.1 Å². The Morgan fingerprint density at radius 2 is 1.97 bits per heavy atom. The number of rotatable bonds is 9. The van der Waals surface area contributed by atoms with E-state index in [0.717, 1.165) is 43.5 Å². The zero-order chi connectivity index (χ0) is 20.2. The van der Waals surface area contributed by atoms with E-state index in [2.05, 4.69) is 40.8 Å². The summed E-state index contributed by atoms with van der Waals surface area (Å²) in [7, 11) is 1.66. The van der Waals surface area contributed by atoms with Crippen LogP contribution in [0.2, 0.25) is 0 Å². The number of guanidine groups is 1. The molecule has 0 atom stereocenters. The first-order valence-electron chi connectivity index (χ1n) is 10.7. The smallest absolute Gasteiger partial charge is 0.251 e. The second-order valence-corrected chi connectivity index (χ2v) is 7.38. The number of nitrogens with zero attached hydrogens (tertiary/aromatic N) is 2. The van der Waals surface area contributed by atoms with Crippen molar-refractivity contribution in [1.82, 2.24) is 20.9 Å². The van der Waals surface area contributed by atoms with Gasteiger partial charge < -0.3 is 20.9 Å². The second kappa shape index (κ2) is 14.6. The number of carbonyl (C=O) groups excluding carboxylic acids is 1. The number of halogens is 1. The molecule has 1 saturated heterocycles. The van der Waals surface area contributed by atoms with Gasteiger partial charge >= 0.3 is 0 Å². The highest BCUT2D eigenvalue weighted by Crippen LogP contribution is 2.20. The summed E-state index contributed by atoms with van der Waals surface area (Å²) in [6, 6.07) is 7.78. The summed E-state index contributed by atoms with van der Waals surface area (Å²) in [6.45, 7) is 10.5. The number of piperidine rings is 1. The average molecular weight is 515 g/mol. The van der Waals surface area contributed by atoms with Gasteiger partial charge in [-0.2, -0.15) is 0 Å². The standard InChI is InChI=1S/C22H37N5O.HI/c1-4-24-22(25-13-9-18-11-15-27(5-2)16-12-18)26-14-10-19-7-6-8-20(17-19)21(28)23-3;/h6-8,17-18H,4-5,9-16H2,1-3H3,(H,23,28)(H2,24,25,26);1H. The summed E-state index contributed by atoms with van der Waals surface area (Å²) in [5, 5.41) is 9.41. The van der Waals surface area contributed by atoms with Gasteiger partial charge in [0, 0.05) is 32.2 Å². The molecule has 0 spiro atoms. The van der Waals surface area contributed by atoms with Gasteiger partial charge in [0.2, 0.25) is 0 Å². The number of likely N-dealkylation sites (tertiary alicyclic amines) is 1. The summed E-state index contributed by atoms with van der Waals surface area (Å²) in [5.41, 5.74) is 1.85. The van der Waals surface area contributed by atoms with Gasteiger partial charge in [-0.15, -0.1) is 24.0 Å². The van der Waals surface area contributed by atoms with E-state index in [-0.39, 0.29) is 29.9 Å². The Labute approximate surface area is 193 Å². The fourth-order valence-electron chi connectivity index (χ4n) is 3.63. The Balaban J connectivity index is 0.00000420. The minimum absolute atomic E-state index is 0. The normalized spacial score (nSPS) is 15.5. The van der Waals surface area contributed by atoms with Crippen LogP contribution in [0.3, 0.4) is 0 Å². The van der Waals surface area contributed by atoms with Crippen molar-refractivity contribution < 1.29 is 4.79 Å². The third-order valence-electron chi connectivity index (χ3n) is 5.43. The molecule has 1 aliphatic heterocycles. The molecule has 0 unspecified atom stereocenters. The maximum Gasteiger partial charge on any atom is 0.251 e. The molecular formula is C22H38IN5O. The molecule has 2 rings (SSSR count). The molecule has 1 amide bonds. The number of hydrogen-bond acceptors (Lipinski definition) is 3. The molecule has 1 heterocycles. The van der Waals surface area contributed by atoms with Crippen molar-refractivity contribution in [2.45, 2.75) is 39.5 Å². The molecule has 1 fully saturated rings. The van der Waals surface area contributed by atoms with E-state index in [9.17, 15) is 4.79 Å². The molecule has 1 aromatic rings. The highest BCUT2D eigenvalue weighted by atomic mass is 127. The molecule has 3 N–H and O–H groups in total. The lowest BCUT2D eigenvalue weighted by Crippen LogP contribution is -2.38. The molecule has 1 aromatic carbocycles. The Morgan fingerprint density at radius 1 is 1.21 bits per heavy atom. The van der Waals surface area contributed by atoms with Crippen LogP contribution >= 0.6 is 24.0 Å². The molecule has 0 radical (unpaired) electrons. The van der Waals surface area contributed by atoms with Crippen molar-refractivity contribution in [1.29, 1.82) is 0 Å². The van der Waals surface area contributed by atoms with E-state index < -0.39 is 0 Å². The van der Waals surface area contributed by atoms with Crippen LogP contribution < -0.4 is 16.0 Å². The van der Waals surface area contributed by atoms with Gasteiger partial charge in [-0.05, 0) is 75.9 Å². The number of amides is 1. The maximum atomic E-state index is 11.8. The highest BCUT2D eigenvalue weighted by molar-refractivity contribution is 14.0. The van der Waals surface area contributed by atoms with Crippen LogP contribution in [0.5, 0.6) is 0 Å². The lowest BCUT2D eigenvalue weighted by atomic mass is 9.94. The molecular weight excluding hydrogens is 477 g/mol. The third kappa shape index (κ3) is 9.33. The second-order valence-electron chi connectivity index (χ2n) is 7.38. The van der Waals surface area contributed by atoms with Crippen molar-refractivity contribution in [3.8, 4) is 0 Å². The third-order valence-corrected chi connectivity index (χ3v) is 5.43. The van der Waals surface area contributed by atoms with E-state index >= 15 is 0 Å². The molecule has 6 nitrogen and oxygen atoms in total. The predicted octanol–water partition coefficient (Wildman–Crippen LogP) is 2.88. The van der Waals surface area contributed by atoms with E-state index in [1.807, 2.05) is 18.2 Å². The summed E-state index contributed by atoms with van der Waals surface area (Å²) in [6.07, 6.45) is 4.62. The quantitative estimate of drug-likeness (QED) is 0.269. The van der Waals surface area contributed by atoms with Crippen LogP contribution in [0.15, 0.2) is 29.3 Å². The lowest BCUT2D eigenvalue weighted by Gasteiger charge is -2.30. The van der Waals surface area contributed by atoms with Crippen LogP contribution in [-0.2, 0) is 6.42 Å². The molecule has 1 aliphatic rings. The minimum Gasteiger partial charge on any atom is -0.357 e.